The molecule has 11 heteroatoms. The van der Waals surface area contributed by atoms with Crippen LogP contribution in [0.4, 0.5) is 0 Å². The van der Waals surface area contributed by atoms with Gasteiger partial charge in [-0.2, -0.15) is 0 Å². The van der Waals surface area contributed by atoms with Gasteiger partial charge in [-0.3, -0.25) is 0 Å². The van der Waals surface area contributed by atoms with E-state index in [1.54, 1.807) is 0 Å². The average Bonchev–Trinajstić information content (AvgIpc) is 3.48. The van der Waals surface area contributed by atoms with E-state index < -0.39 is 59.0 Å². The molecule has 7 rings (SSSR count). The molecule has 2 saturated heterocycles. The number of esters is 1. The molecule has 0 bridgehead atoms. The number of ether oxygens (including phenoxy) is 4. The van der Waals surface area contributed by atoms with Crippen molar-refractivity contribution < 1.29 is 54.4 Å². The number of cyclic esters (lactones) is 1. The van der Waals surface area contributed by atoms with Gasteiger partial charge < -0.3 is 49.6 Å². The summed E-state index contributed by atoms with van der Waals surface area (Å²) in [5.41, 5.74) is -1.83. The Labute approximate surface area is 233 Å². The van der Waals surface area contributed by atoms with Gasteiger partial charge in [0.25, 0.3) is 0 Å². The van der Waals surface area contributed by atoms with Gasteiger partial charge in [0.15, 0.2) is 0 Å². The van der Waals surface area contributed by atoms with Crippen LogP contribution < -0.4 is 0 Å². The van der Waals surface area contributed by atoms with E-state index in [0.29, 0.717) is 32.1 Å². The van der Waals surface area contributed by atoms with E-state index in [9.17, 15) is 35.4 Å². The lowest BCUT2D eigenvalue weighted by atomic mass is 9.42. The Hall–Kier alpha value is -1.15. The minimum atomic E-state index is -2.04. The quantitative estimate of drug-likeness (QED) is 0.196. The molecule has 14 atom stereocenters. The Morgan fingerprint density at radius 3 is 2.48 bits per heavy atom. The molecule has 4 aliphatic carbocycles. The number of rotatable bonds is 3. The van der Waals surface area contributed by atoms with Crippen LogP contribution in [0.1, 0.15) is 58.3 Å². The van der Waals surface area contributed by atoms with E-state index in [0.717, 1.165) is 18.4 Å². The van der Waals surface area contributed by atoms with Crippen LogP contribution in [0.5, 0.6) is 0 Å². The van der Waals surface area contributed by atoms with E-state index in [1.165, 1.54) is 6.08 Å². The molecule has 11 nitrogen and oxygen atoms in total. The molecule has 224 valence electrons. The highest BCUT2D eigenvalue weighted by Gasteiger charge is 2.72. The SMILES string of the molecule is CC12C(O)CC3C(CCC4CC5OC6(O)C(O)CC(CO)OC6OC5CC43CO)C1(O)CCC2C1=CC(=O)OC1. The van der Waals surface area contributed by atoms with E-state index in [2.05, 4.69) is 0 Å². The second-order valence-corrected chi connectivity index (χ2v) is 13.8. The van der Waals surface area contributed by atoms with Gasteiger partial charge in [0.1, 0.15) is 12.7 Å². The topological polar surface area (TPSA) is 175 Å². The van der Waals surface area contributed by atoms with Crippen LogP contribution in [0.25, 0.3) is 0 Å². The molecule has 3 heterocycles. The van der Waals surface area contributed by atoms with Crippen molar-refractivity contribution in [2.75, 3.05) is 19.8 Å². The normalized spacial score (nSPS) is 57.2. The monoisotopic (exact) mass is 566 g/mol. The Morgan fingerprint density at radius 1 is 0.975 bits per heavy atom. The highest BCUT2D eigenvalue weighted by atomic mass is 16.8. The summed E-state index contributed by atoms with van der Waals surface area (Å²) < 4.78 is 23.3. The minimum Gasteiger partial charge on any atom is -0.458 e. The first kappa shape index (κ1) is 27.7. The predicted octanol–water partition coefficient (Wildman–Crippen LogP) is -0.263. The van der Waals surface area contributed by atoms with Crippen LogP contribution in [0.2, 0.25) is 0 Å². The highest BCUT2D eigenvalue weighted by Crippen LogP contribution is 2.70. The number of carbonyl (C=O) groups is 1. The van der Waals surface area contributed by atoms with Gasteiger partial charge in [0.05, 0.1) is 36.6 Å². The van der Waals surface area contributed by atoms with Crippen LogP contribution in [0, 0.1) is 34.5 Å². The fraction of sp³-hybridized carbons (Fsp3) is 0.897. The largest absolute Gasteiger partial charge is 0.458 e. The predicted molar refractivity (Wildman–Crippen MR) is 135 cm³/mol. The second kappa shape index (κ2) is 9.17. The molecule has 14 unspecified atom stereocenters. The molecule has 4 saturated carbocycles. The van der Waals surface area contributed by atoms with Crippen LogP contribution >= 0.6 is 0 Å². The van der Waals surface area contributed by atoms with Crippen LogP contribution in [-0.4, -0.2) is 105 Å². The molecule has 0 aromatic carbocycles. The summed E-state index contributed by atoms with van der Waals surface area (Å²) in [5, 5.41) is 66.8. The first-order valence-electron chi connectivity index (χ1n) is 14.9. The van der Waals surface area contributed by atoms with E-state index >= 15 is 0 Å². The summed E-state index contributed by atoms with van der Waals surface area (Å²) in [7, 11) is 0. The Balaban J connectivity index is 1.19. The number of fused-ring (bicyclic) bond motifs is 7. The number of hydrogen-bond acceptors (Lipinski definition) is 11. The second-order valence-electron chi connectivity index (χ2n) is 13.8. The highest BCUT2D eigenvalue weighted by molar-refractivity contribution is 5.85. The molecule has 0 radical (unpaired) electrons. The van der Waals surface area contributed by atoms with Gasteiger partial charge >= 0.3 is 5.97 Å². The summed E-state index contributed by atoms with van der Waals surface area (Å²) in [6.45, 7) is 1.67. The third kappa shape index (κ3) is 3.47. The van der Waals surface area contributed by atoms with Crippen molar-refractivity contribution in [3.8, 4) is 0 Å². The van der Waals surface area contributed by atoms with Crippen molar-refractivity contribution in [3.63, 3.8) is 0 Å². The number of aliphatic hydroxyl groups excluding tert-OH is 4. The molecule has 6 fully saturated rings. The smallest absolute Gasteiger partial charge is 0.331 e. The molecule has 40 heavy (non-hydrogen) atoms. The van der Waals surface area contributed by atoms with Gasteiger partial charge in [-0.05, 0) is 74.2 Å². The van der Waals surface area contributed by atoms with Crippen LogP contribution in [-0.2, 0) is 23.7 Å². The average molecular weight is 567 g/mol. The molecule has 3 aliphatic heterocycles. The van der Waals surface area contributed by atoms with Gasteiger partial charge in [-0.25, -0.2) is 4.79 Å². The lowest BCUT2D eigenvalue weighted by Crippen LogP contribution is -2.72. The van der Waals surface area contributed by atoms with Crippen LogP contribution in [0.3, 0.4) is 0 Å². The molecule has 0 aromatic rings. The summed E-state index contributed by atoms with van der Waals surface area (Å²) in [5.74, 6) is -2.91. The first-order chi connectivity index (χ1) is 19.0. The maximum absolute atomic E-state index is 12.5. The van der Waals surface area contributed by atoms with Gasteiger partial charge in [0, 0.05) is 29.9 Å². The van der Waals surface area contributed by atoms with Crippen molar-refractivity contribution in [1.82, 2.24) is 0 Å². The molecule has 0 amide bonds. The summed E-state index contributed by atoms with van der Waals surface area (Å²) in [4.78, 5) is 11.9. The molecular weight excluding hydrogens is 524 g/mol. The molecule has 0 aromatic heterocycles. The fourth-order valence-electron chi connectivity index (χ4n) is 10.4. The molecule has 6 N–H and O–H groups in total. The molecule has 0 spiro atoms. The summed E-state index contributed by atoms with van der Waals surface area (Å²) in [6.07, 6.45) is 0.284. The lowest BCUT2D eigenvalue weighted by molar-refractivity contribution is -0.460. The molecular formula is C29H42O11. The van der Waals surface area contributed by atoms with Gasteiger partial charge in [0.2, 0.25) is 12.1 Å². The summed E-state index contributed by atoms with van der Waals surface area (Å²) in [6, 6.07) is 0. The van der Waals surface area contributed by atoms with Crippen molar-refractivity contribution in [2.24, 2.45) is 34.5 Å². The summed E-state index contributed by atoms with van der Waals surface area (Å²) >= 11 is 0. The maximum atomic E-state index is 12.5. The Kier molecular flexibility index (Phi) is 6.35. The molecule has 7 aliphatic rings. The lowest BCUT2D eigenvalue weighted by Gasteiger charge is -2.66. The third-order valence-corrected chi connectivity index (χ3v) is 12.5. The number of hydrogen-bond donors (Lipinski definition) is 6. The van der Waals surface area contributed by atoms with E-state index in [-0.39, 0.29) is 55.9 Å². The zero-order valence-electron chi connectivity index (χ0n) is 22.9. The van der Waals surface area contributed by atoms with Gasteiger partial charge in [-0.1, -0.05) is 6.92 Å². The van der Waals surface area contributed by atoms with Crippen LogP contribution in [0.15, 0.2) is 11.6 Å². The van der Waals surface area contributed by atoms with E-state index in [4.69, 9.17) is 18.9 Å². The van der Waals surface area contributed by atoms with Crippen molar-refractivity contribution in [3.05, 3.63) is 11.6 Å². The zero-order chi connectivity index (χ0) is 28.2. The number of carbonyl (C=O) groups excluding carboxylic acids is 1. The van der Waals surface area contributed by atoms with Crippen molar-refractivity contribution in [2.45, 2.75) is 106 Å². The van der Waals surface area contributed by atoms with Crippen molar-refractivity contribution in [1.29, 1.82) is 0 Å². The standard InChI is InChI=1S/C29H42O11/c1-26-17(14-6-24(34)37-12-14)4-5-28(26,35)18-3-2-15-7-20-21(10-27(15,13-31)19(18)9-22(26)32)39-25-29(36,40-20)23(33)8-16(11-30)38-25/h6,15-23,25,30-33,35-36H,2-5,7-13H2,1H3. The Bertz CT molecular complexity index is 1080. The Morgan fingerprint density at radius 2 is 1.77 bits per heavy atom. The fourth-order valence-corrected chi connectivity index (χ4v) is 10.4. The van der Waals surface area contributed by atoms with Gasteiger partial charge in [-0.15, -0.1) is 0 Å². The van der Waals surface area contributed by atoms with Crippen molar-refractivity contribution >= 4 is 5.97 Å². The van der Waals surface area contributed by atoms with E-state index in [1.807, 2.05) is 6.92 Å². The number of aliphatic hydroxyl groups is 6. The zero-order valence-corrected chi connectivity index (χ0v) is 22.9. The first-order valence-corrected chi connectivity index (χ1v) is 14.9. The minimum absolute atomic E-state index is 0.0107. The third-order valence-electron chi connectivity index (χ3n) is 12.5. The maximum Gasteiger partial charge on any atom is 0.331 e.